The summed E-state index contributed by atoms with van der Waals surface area (Å²) >= 11 is 0. The van der Waals surface area contributed by atoms with E-state index in [1.165, 1.54) is 21.9 Å². The SMILES string of the molecule is CCNC(Cn1ncccc1=O)c1ccccc1C. The van der Waals surface area contributed by atoms with Crippen LogP contribution >= 0.6 is 0 Å². The highest BCUT2D eigenvalue weighted by atomic mass is 16.1. The summed E-state index contributed by atoms with van der Waals surface area (Å²) in [5, 5.41) is 7.54. The Morgan fingerprint density at radius 1 is 1.26 bits per heavy atom. The Morgan fingerprint density at radius 2 is 2.05 bits per heavy atom. The van der Waals surface area contributed by atoms with E-state index in [-0.39, 0.29) is 11.6 Å². The van der Waals surface area contributed by atoms with Gasteiger partial charge in [-0.1, -0.05) is 31.2 Å². The Bertz CT molecular complexity index is 592. The van der Waals surface area contributed by atoms with Crippen LogP contribution in [0.15, 0.2) is 47.4 Å². The highest BCUT2D eigenvalue weighted by Crippen LogP contribution is 2.18. The second-order valence-electron chi connectivity index (χ2n) is 4.51. The Labute approximate surface area is 113 Å². The first-order valence-electron chi connectivity index (χ1n) is 6.53. The van der Waals surface area contributed by atoms with Crippen molar-refractivity contribution in [1.29, 1.82) is 0 Å². The van der Waals surface area contributed by atoms with E-state index in [1.54, 1.807) is 12.3 Å². The monoisotopic (exact) mass is 257 g/mol. The van der Waals surface area contributed by atoms with Crippen molar-refractivity contribution in [3.05, 3.63) is 64.1 Å². The van der Waals surface area contributed by atoms with E-state index in [9.17, 15) is 4.79 Å². The molecule has 0 radical (unpaired) electrons. The molecule has 0 spiro atoms. The van der Waals surface area contributed by atoms with Crippen molar-refractivity contribution in [2.45, 2.75) is 26.4 Å². The molecular formula is C15H19N3O. The van der Waals surface area contributed by atoms with Crippen LogP contribution in [0.5, 0.6) is 0 Å². The first kappa shape index (κ1) is 13.5. The molecule has 0 amide bonds. The van der Waals surface area contributed by atoms with Gasteiger partial charge in [-0.05, 0) is 30.7 Å². The lowest BCUT2D eigenvalue weighted by atomic mass is 10.0. The number of hydrogen-bond acceptors (Lipinski definition) is 3. The molecule has 1 atom stereocenters. The number of hydrogen-bond donors (Lipinski definition) is 1. The van der Waals surface area contributed by atoms with Crippen molar-refractivity contribution in [3.8, 4) is 0 Å². The van der Waals surface area contributed by atoms with Crippen molar-refractivity contribution in [3.63, 3.8) is 0 Å². The average Bonchev–Trinajstić information content (AvgIpc) is 2.41. The van der Waals surface area contributed by atoms with Crippen LogP contribution in [-0.4, -0.2) is 16.3 Å². The van der Waals surface area contributed by atoms with Gasteiger partial charge in [0.2, 0.25) is 0 Å². The Hall–Kier alpha value is -1.94. The summed E-state index contributed by atoms with van der Waals surface area (Å²) in [4.78, 5) is 11.7. The van der Waals surface area contributed by atoms with Gasteiger partial charge in [-0.3, -0.25) is 4.79 Å². The molecule has 0 aliphatic rings. The van der Waals surface area contributed by atoms with Gasteiger partial charge in [0, 0.05) is 12.3 Å². The second kappa shape index (κ2) is 6.29. The highest BCUT2D eigenvalue weighted by molar-refractivity contribution is 5.28. The minimum absolute atomic E-state index is 0.0704. The van der Waals surface area contributed by atoms with E-state index in [4.69, 9.17) is 0 Å². The molecule has 1 aromatic heterocycles. The lowest BCUT2D eigenvalue weighted by Gasteiger charge is -2.20. The zero-order valence-corrected chi connectivity index (χ0v) is 11.3. The van der Waals surface area contributed by atoms with Crippen molar-refractivity contribution in [1.82, 2.24) is 15.1 Å². The summed E-state index contributed by atoms with van der Waals surface area (Å²) < 4.78 is 1.50. The molecule has 4 heteroatoms. The Kier molecular flexibility index (Phi) is 4.47. The number of likely N-dealkylation sites (N-methyl/N-ethyl adjacent to an activating group) is 1. The lowest BCUT2D eigenvalue weighted by molar-refractivity contribution is 0.433. The molecule has 100 valence electrons. The van der Waals surface area contributed by atoms with Gasteiger partial charge in [0.25, 0.3) is 5.56 Å². The normalized spacial score (nSPS) is 12.3. The molecular weight excluding hydrogens is 238 g/mol. The van der Waals surface area contributed by atoms with Gasteiger partial charge in [0.05, 0.1) is 12.6 Å². The van der Waals surface area contributed by atoms with Crippen LogP contribution in [0.4, 0.5) is 0 Å². The summed E-state index contributed by atoms with van der Waals surface area (Å²) in [6.45, 7) is 5.53. The fraction of sp³-hybridized carbons (Fsp3) is 0.333. The number of rotatable bonds is 5. The third-order valence-electron chi connectivity index (χ3n) is 3.16. The maximum Gasteiger partial charge on any atom is 0.266 e. The van der Waals surface area contributed by atoms with Crippen LogP contribution in [0.3, 0.4) is 0 Å². The number of aromatic nitrogens is 2. The first-order chi connectivity index (χ1) is 9.22. The van der Waals surface area contributed by atoms with E-state index in [0.29, 0.717) is 6.54 Å². The molecule has 1 aromatic carbocycles. The minimum atomic E-state index is -0.0704. The number of aryl methyl sites for hydroxylation is 1. The number of nitrogens with zero attached hydrogens (tertiary/aromatic N) is 2. The van der Waals surface area contributed by atoms with Crippen LogP contribution in [-0.2, 0) is 6.54 Å². The first-order valence-corrected chi connectivity index (χ1v) is 6.53. The van der Waals surface area contributed by atoms with Crippen LogP contribution in [0.1, 0.15) is 24.1 Å². The van der Waals surface area contributed by atoms with Crippen LogP contribution in [0, 0.1) is 6.92 Å². The molecule has 19 heavy (non-hydrogen) atoms. The van der Waals surface area contributed by atoms with Crippen molar-refractivity contribution in [2.75, 3.05) is 6.54 Å². The molecule has 2 aromatic rings. The van der Waals surface area contributed by atoms with E-state index in [2.05, 4.69) is 36.4 Å². The molecule has 4 nitrogen and oxygen atoms in total. The largest absolute Gasteiger partial charge is 0.309 e. The Balaban J connectivity index is 2.29. The summed E-state index contributed by atoms with van der Waals surface area (Å²) in [5.41, 5.74) is 2.36. The van der Waals surface area contributed by atoms with E-state index < -0.39 is 0 Å². The predicted octanol–water partition coefficient (Wildman–Crippen LogP) is 1.90. The lowest BCUT2D eigenvalue weighted by Crippen LogP contribution is -2.31. The van der Waals surface area contributed by atoms with Gasteiger partial charge < -0.3 is 5.32 Å². The van der Waals surface area contributed by atoms with Gasteiger partial charge >= 0.3 is 0 Å². The number of benzene rings is 1. The van der Waals surface area contributed by atoms with Crippen molar-refractivity contribution in [2.24, 2.45) is 0 Å². The zero-order valence-electron chi connectivity index (χ0n) is 11.3. The van der Waals surface area contributed by atoms with Gasteiger partial charge in [0.15, 0.2) is 0 Å². The molecule has 1 unspecified atom stereocenters. The van der Waals surface area contributed by atoms with Gasteiger partial charge in [0.1, 0.15) is 0 Å². The zero-order chi connectivity index (χ0) is 13.7. The third kappa shape index (κ3) is 3.29. The van der Waals surface area contributed by atoms with Crippen molar-refractivity contribution >= 4 is 0 Å². The van der Waals surface area contributed by atoms with E-state index >= 15 is 0 Å². The topological polar surface area (TPSA) is 46.9 Å². The standard InChI is InChI=1S/C15H19N3O/c1-3-16-14(13-8-5-4-7-12(13)2)11-18-15(19)9-6-10-17-18/h4-10,14,16H,3,11H2,1-2H3. The van der Waals surface area contributed by atoms with Gasteiger partial charge in [-0.2, -0.15) is 5.10 Å². The molecule has 0 aliphatic heterocycles. The van der Waals surface area contributed by atoms with Gasteiger partial charge in [-0.25, -0.2) is 4.68 Å². The summed E-state index contributed by atoms with van der Waals surface area (Å²) in [5.74, 6) is 0. The van der Waals surface area contributed by atoms with Crippen LogP contribution < -0.4 is 10.9 Å². The summed E-state index contributed by atoms with van der Waals surface area (Å²) in [6.07, 6.45) is 1.64. The average molecular weight is 257 g/mol. The molecule has 0 saturated carbocycles. The predicted molar refractivity (Wildman–Crippen MR) is 76.1 cm³/mol. The Morgan fingerprint density at radius 3 is 2.74 bits per heavy atom. The van der Waals surface area contributed by atoms with E-state index in [1.807, 2.05) is 12.1 Å². The smallest absolute Gasteiger partial charge is 0.266 e. The quantitative estimate of drug-likeness (QED) is 0.890. The molecule has 0 saturated heterocycles. The van der Waals surface area contributed by atoms with Crippen LogP contribution in [0.25, 0.3) is 0 Å². The third-order valence-corrected chi connectivity index (χ3v) is 3.16. The van der Waals surface area contributed by atoms with Crippen molar-refractivity contribution < 1.29 is 0 Å². The molecule has 2 rings (SSSR count). The molecule has 1 heterocycles. The summed E-state index contributed by atoms with van der Waals surface area (Å²) in [6, 6.07) is 11.5. The molecule has 0 bridgehead atoms. The fourth-order valence-corrected chi connectivity index (χ4v) is 2.19. The van der Waals surface area contributed by atoms with E-state index in [0.717, 1.165) is 6.54 Å². The second-order valence-corrected chi connectivity index (χ2v) is 4.51. The van der Waals surface area contributed by atoms with Gasteiger partial charge in [-0.15, -0.1) is 0 Å². The number of nitrogens with one attached hydrogen (secondary N) is 1. The fourth-order valence-electron chi connectivity index (χ4n) is 2.19. The maximum atomic E-state index is 11.7. The van der Waals surface area contributed by atoms with Crippen LogP contribution in [0.2, 0.25) is 0 Å². The molecule has 0 aliphatic carbocycles. The maximum absolute atomic E-state index is 11.7. The molecule has 1 N–H and O–H groups in total. The summed E-state index contributed by atoms with van der Waals surface area (Å²) in [7, 11) is 0. The highest BCUT2D eigenvalue weighted by Gasteiger charge is 2.13. The molecule has 0 fully saturated rings. The minimum Gasteiger partial charge on any atom is -0.309 e.